The van der Waals surface area contributed by atoms with Crippen molar-refractivity contribution in [2.45, 2.75) is 58.3 Å². The maximum absolute atomic E-state index is 5.79. The minimum Gasteiger partial charge on any atom is -0.380 e. The van der Waals surface area contributed by atoms with Gasteiger partial charge in [0.2, 0.25) is 0 Å². The molecular weight excluding hydrogens is 260 g/mol. The average molecular weight is 296 g/mol. The lowest BCUT2D eigenvalue weighted by Gasteiger charge is -2.40. The summed E-state index contributed by atoms with van der Waals surface area (Å²) in [6.07, 6.45) is 11.1. The van der Waals surface area contributed by atoms with Crippen molar-refractivity contribution in [1.82, 2.24) is 10.2 Å². The molecule has 0 unspecified atom stereocenters. The van der Waals surface area contributed by atoms with Gasteiger partial charge in [0.1, 0.15) is 0 Å². The predicted octanol–water partition coefficient (Wildman–Crippen LogP) is 3.29. The standard InChI is InChI=1S/C18H36N2O/c1-3-11-19-15-18(9-5-4-6-10-18)16-20(2)12-13-21-14-17-7-8-17/h17,19H,3-16H2,1-2H3. The Morgan fingerprint density at radius 2 is 1.95 bits per heavy atom. The quantitative estimate of drug-likeness (QED) is 0.592. The SMILES string of the molecule is CCCNCC1(CN(C)CCOCC2CC2)CCCCC1. The molecule has 124 valence electrons. The van der Waals surface area contributed by atoms with Crippen LogP contribution in [-0.4, -0.2) is 51.3 Å². The molecule has 21 heavy (non-hydrogen) atoms. The second-order valence-electron chi connectivity index (χ2n) is 7.49. The Hall–Kier alpha value is -0.120. The molecule has 0 amide bonds. The first-order valence-electron chi connectivity index (χ1n) is 9.21. The van der Waals surface area contributed by atoms with Gasteiger partial charge in [-0.15, -0.1) is 0 Å². The van der Waals surface area contributed by atoms with Crippen LogP contribution < -0.4 is 5.32 Å². The van der Waals surface area contributed by atoms with Crippen molar-refractivity contribution in [1.29, 1.82) is 0 Å². The molecule has 2 saturated carbocycles. The van der Waals surface area contributed by atoms with Gasteiger partial charge in [0.25, 0.3) is 0 Å². The Balaban J connectivity index is 1.67. The van der Waals surface area contributed by atoms with Crippen LogP contribution in [0.1, 0.15) is 58.3 Å². The Bertz CT molecular complexity index is 272. The molecule has 0 spiro atoms. The topological polar surface area (TPSA) is 24.5 Å². The molecule has 0 bridgehead atoms. The lowest BCUT2D eigenvalue weighted by Crippen LogP contribution is -2.45. The molecule has 0 heterocycles. The van der Waals surface area contributed by atoms with Crippen LogP contribution in [0.25, 0.3) is 0 Å². The number of likely N-dealkylation sites (N-methyl/N-ethyl adjacent to an activating group) is 1. The molecule has 3 nitrogen and oxygen atoms in total. The molecule has 1 N–H and O–H groups in total. The fraction of sp³-hybridized carbons (Fsp3) is 1.00. The van der Waals surface area contributed by atoms with Crippen LogP contribution in [0.5, 0.6) is 0 Å². The van der Waals surface area contributed by atoms with Gasteiger partial charge in [-0.25, -0.2) is 0 Å². The van der Waals surface area contributed by atoms with Gasteiger partial charge < -0.3 is 15.0 Å². The van der Waals surface area contributed by atoms with Gasteiger partial charge in [-0.3, -0.25) is 0 Å². The van der Waals surface area contributed by atoms with Gasteiger partial charge in [-0.1, -0.05) is 26.2 Å². The first kappa shape index (κ1) is 17.2. The maximum atomic E-state index is 5.79. The normalized spacial score (nSPS) is 21.9. The molecule has 2 aliphatic rings. The zero-order valence-corrected chi connectivity index (χ0v) is 14.3. The first-order valence-corrected chi connectivity index (χ1v) is 9.21. The van der Waals surface area contributed by atoms with Crippen LogP contribution in [0.4, 0.5) is 0 Å². The van der Waals surface area contributed by atoms with Gasteiger partial charge in [0.15, 0.2) is 0 Å². The largest absolute Gasteiger partial charge is 0.380 e. The summed E-state index contributed by atoms with van der Waals surface area (Å²) in [5, 5.41) is 3.68. The molecule has 0 saturated heterocycles. The Morgan fingerprint density at radius 1 is 1.19 bits per heavy atom. The summed E-state index contributed by atoms with van der Waals surface area (Å²) in [6.45, 7) is 8.84. The molecular formula is C18H36N2O. The lowest BCUT2D eigenvalue weighted by molar-refractivity contribution is 0.0728. The van der Waals surface area contributed by atoms with E-state index in [9.17, 15) is 0 Å². The smallest absolute Gasteiger partial charge is 0.0593 e. The summed E-state index contributed by atoms with van der Waals surface area (Å²) >= 11 is 0. The van der Waals surface area contributed by atoms with Crippen LogP contribution in [-0.2, 0) is 4.74 Å². The van der Waals surface area contributed by atoms with Gasteiger partial charge in [-0.05, 0) is 57.0 Å². The third-order valence-electron chi connectivity index (χ3n) is 5.11. The van der Waals surface area contributed by atoms with Crippen molar-refractivity contribution >= 4 is 0 Å². The summed E-state index contributed by atoms with van der Waals surface area (Å²) in [4.78, 5) is 2.51. The number of hydrogen-bond donors (Lipinski definition) is 1. The van der Waals surface area contributed by atoms with Gasteiger partial charge in [0, 0.05) is 26.2 Å². The number of rotatable bonds is 11. The van der Waals surface area contributed by atoms with Crippen LogP contribution >= 0.6 is 0 Å². The summed E-state index contributed by atoms with van der Waals surface area (Å²) < 4.78 is 5.79. The molecule has 0 aromatic rings. The zero-order valence-electron chi connectivity index (χ0n) is 14.3. The lowest BCUT2D eigenvalue weighted by atomic mass is 9.73. The third-order valence-corrected chi connectivity index (χ3v) is 5.11. The van der Waals surface area contributed by atoms with E-state index in [1.165, 1.54) is 64.5 Å². The van der Waals surface area contributed by atoms with Crippen molar-refractivity contribution in [3.63, 3.8) is 0 Å². The van der Waals surface area contributed by atoms with Gasteiger partial charge in [0.05, 0.1) is 6.61 Å². The second-order valence-corrected chi connectivity index (χ2v) is 7.49. The summed E-state index contributed by atoms with van der Waals surface area (Å²) in [5.74, 6) is 0.887. The number of hydrogen-bond acceptors (Lipinski definition) is 3. The fourth-order valence-corrected chi connectivity index (χ4v) is 3.63. The minimum absolute atomic E-state index is 0.513. The molecule has 0 radical (unpaired) electrons. The highest BCUT2D eigenvalue weighted by atomic mass is 16.5. The highest BCUT2D eigenvalue weighted by Crippen LogP contribution is 2.36. The first-order chi connectivity index (χ1) is 10.2. The van der Waals surface area contributed by atoms with Gasteiger partial charge >= 0.3 is 0 Å². The van der Waals surface area contributed by atoms with E-state index >= 15 is 0 Å². The average Bonchev–Trinajstić information content (AvgIpc) is 3.29. The second kappa shape index (κ2) is 9.12. The molecule has 2 fully saturated rings. The van der Waals surface area contributed by atoms with Gasteiger partial charge in [-0.2, -0.15) is 0 Å². The Labute approximate surface area is 131 Å². The van der Waals surface area contributed by atoms with Crippen molar-refractivity contribution in [3.8, 4) is 0 Å². The van der Waals surface area contributed by atoms with Crippen LogP contribution in [0.2, 0.25) is 0 Å². The monoisotopic (exact) mass is 296 g/mol. The van der Waals surface area contributed by atoms with Crippen LogP contribution in [0, 0.1) is 11.3 Å². The minimum atomic E-state index is 0.513. The summed E-state index contributed by atoms with van der Waals surface area (Å²) in [5.41, 5.74) is 0.513. The molecule has 2 rings (SSSR count). The predicted molar refractivity (Wildman–Crippen MR) is 89.7 cm³/mol. The van der Waals surface area contributed by atoms with E-state index in [1.54, 1.807) is 0 Å². The van der Waals surface area contributed by atoms with E-state index < -0.39 is 0 Å². The van der Waals surface area contributed by atoms with Crippen molar-refractivity contribution in [3.05, 3.63) is 0 Å². The number of nitrogens with one attached hydrogen (secondary N) is 1. The van der Waals surface area contributed by atoms with E-state index in [-0.39, 0.29) is 0 Å². The molecule has 3 heteroatoms. The van der Waals surface area contributed by atoms with Crippen molar-refractivity contribution < 1.29 is 4.74 Å². The van der Waals surface area contributed by atoms with Crippen LogP contribution in [0.15, 0.2) is 0 Å². The summed E-state index contributed by atoms with van der Waals surface area (Å²) in [7, 11) is 2.27. The molecule has 0 atom stereocenters. The molecule has 0 aromatic carbocycles. The molecule has 0 aliphatic heterocycles. The van der Waals surface area contributed by atoms with Crippen LogP contribution in [0.3, 0.4) is 0 Å². The number of nitrogens with zero attached hydrogens (tertiary/aromatic N) is 1. The van der Waals surface area contributed by atoms with Crippen molar-refractivity contribution in [2.75, 3.05) is 46.4 Å². The highest BCUT2D eigenvalue weighted by Gasteiger charge is 2.32. The maximum Gasteiger partial charge on any atom is 0.0593 e. The van der Waals surface area contributed by atoms with E-state index in [0.29, 0.717) is 5.41 Å². The van der Waals surface area contributed by atoms with E-state index in [1.807, 2.05) is 0 Å². The Kier molecular flexibility index (Phi) is 7.48. The fourth-order valence-electron chi connectivity index (χ4n) is 3.63. The zero-order chi connectivity index (χ0) is 15.0. The van der Waals surface area contributed by atoms with E-state index in [4.69, 9.17) is 4.74 Å². The Morgan fingerprint density at radius 3 is 2.62 bits per heavy atom. The number of ether oxygens (including phenoxy) is 1. The van der Waals surface area contributed by atoms with Crippen molar-refractivity contribution in [2.24, 2.45) is 11.3 Å². The third kappa shape index (κ3) is 6.66. The van der Waals surface area contributed by atoms with E-state index in [0.717, 1.165) is 32.2 Å². The highest BCUT2D eigenvalue weighted by molar-refractivity contribution is 4.87. The summed E-state index contributed by atoms with van der Waals surface area (Å²) in [6, 6.07) is 0. The van der Waals surface area contributed by atoms with E-state index in [2.05, 4.69) is 24.2 Å². The molecule has 2 aliphatic carbocycles. The molecule has 0 aromatic heterocycles.